The lowest BCUT2D eigenvalue weighted by Gasteiger charge is -2.57. The lowest BCUT2D eigenvalue weighted by Crippen LogP contribution is -2.68. The molecule has 220 valence electrons. The van der Waals surface area contributed by atoms with Gasteiger partial charge in [0.2, 0.25) is 10.0 Å². The number of methoxy groups -OCH3 is 1. The summed E-state index contributed by atoms with van der Waals surface area (Å²) >= 11 is 0. The molecule has 3 aromatic rings. The Morgan fingerprint density at radius 1 is 0.951 bits per heavy atom. The molecule has 0 bridgehead atoms. The highest BCUT2D eigenvalue weighted by Gasteiger charge is 2.51. The topological polar surface area (TPSA) is 49.9 Å². The Kier molecular flexibility index (Phi) is 8.26. The number of rotatable bonds is 6. The molecule has 3 aromatic carbocycles. The van der Waals surface area contributed by atoms with Gasteiger partial charge in [0.1, 0.15) is 0 Å². The number of ether oxygens (including phenoxy) is 1. The van der Waals surface area contributed by atoms with E-state index in [0.717, 1.165) is 23.8 Å². The number of sulfonamides is 1. The van der Waals surface area contributed by atoms with E-state index in [-0.39, 0.29) is 36.7 Å². The summed E-state index contributed by atoms with van der Waals surface area (Å²) in [6, 6.07) is 14.0. The zero-order valence-corrected chi connectivity index (χ0v) is 23.5. The van der Waals surface area contributed by atoms with Crippen LogP contribution in [-0.2, 0) is 20.9 Å². The molecule has 5 rings (SSSR count). The zero-order valence-electron chi connectivity index (χ0n) is 22.7. The van der Waals surface area contributed by atoms with Gasteiger partial charge in [-0.3, -0.25) is 4.90 Å². The maximum Gasteiger partial charge on any atom is 0.417 e. The van der Waals surface area contributed by atoms with E-state index in [1.54, 1.807) is 7.11 Å². The Hall–Kier alpha value is -2.86. The number of benzene rings is 3. The van der Waals surface area contributed by atoms with Crippen LogP contribution in [0.2, 0.25) is 0 Å². The van der Waals surface area contributed by atoms with Gasteiger partial charge in [-0.25, -0.2) is 17.2 Å². The van der Waals surface area contributed by atoms with E-state index in [2.05, 4.69) is 4.90 Å². The minimum atomic E-state index is -4.81. The van der Waals surface area contributed by atoms with Gasteiger partial charge < -0.3 is 4.74 Å². The van der Waals surface area contributed by atoms with Gasteiger partial charge >= 0.3 is 6.18 Å². The van der Waals surface area contributed by atoms with Crippen LogP contribution in [0.25, 0.3) is 11.1 Å². The summed E-state index contributed by atoms with van der Waals surface area (Å²) in [4.78, 5) is 1.44. The van der Waals surface area contributed by atoms with Crippen LogP contribution in [0.15, 0.2) is 65.6 Å². The second-order valence-corrected chi connectivity index (χ2v) is 12.5. The summed E-state index contributed by atoms with van der Waals surface area (Å²) in [5.41, 5.74) is 1.20. The summed E-state index contributed by atoms with van der Waals surface area (Å²) in [5, 5.41) is 0. The SMILES string of the molecule is COC[C@@H]1[C@@H](c2ccc(-c3ccc(F)c(F)c3C)cc2)C2CN(S(=O)(=O)c3ccccc3C(F)(F)F)CCCCN21. The van der Waals surface area contributed by atoms with E-state index in [4.69, 9.17) is 4.74 Å². The van der Waals surface area contributed by atoms with Crippen LogP contribution < -0.4 is 0 Å². The van der Waals surface area contributed by atoms with Gasteiger partial charge in [-0.1, -0.05) is 42.5 Å². The minimum Gasteiger partial charge on any atom is -0.383 e. The van der Waals surface area contributed by atoms with Crippen LogP contribution in [0.4, 0.5) is 22.0 Å². The molecule has 0 aliphatic carbocycles. The first-order chi connectivity index (χ1) is 19.4. The highest BCUT2D eigenvalue weighted by atomic mass is 32.2. The van der Waals surface area contributed by atoms with Gasteiger partial charge in [-0.15, -0.1) is 0 Å². The van der Waals surface area contributed by atoms with Crippen LogP contribution in [0.1, 0.15) is 35.4 Å². The fourth-order valence-electron chi connectivity index (χ4n) is 6.19. The van der Waals surface area contributed by atoms with Gasteiger partial charge in [-0.2, -0.15) is 17.5 Å². The third kappa shape index (κ3) is 5.52. The quantitative estimate of drug-likeness (QED) is 0.318. The third-order valence-electron chi connectivity index (χ3n) is 8.24. The van der Waals surface area contributed by atoms with Crippen molar-refractivity contribution >= 4 is 10.0 Å². The molecule has 2 heterocycles. The van der Waals surface area contributed by atoms with Crippen molar-refractivity contribution in [3.05, 3.63) is 89.0 Å². The maximum absolute atomic E-state index is 14.2. The van der Waals surface area contributed by atoms with Crippen LogP contribution in [0.5, 0.6) is 0 Å². The first kappa shape index (κ1) is 29.6. The summed E-state index contributed by atoms with van der Waals surface area (Å²) < 4.78 is 103. The molecule has 2 aliphatic rings. The van der Waals surface area contributed by atoms with E-state index >= 15 is 0 Å². The summed E-state index contributed by atoms with van der Waals surface area (Å²) in [7, 11) is -2.85. The fraction of sp³-hybridized carbons (Fsp3) is 0.400. The van der Waals surface area contributed by atoms with Crippen molar-refractivity contribution in [3.63, 3.8) is 0 Å². The van der Waals surface area contributed by atoms with Crippen LogP contribution >= 0.6 is 0 Å². The highest BCUT2D eigenvalue weighted by Crippen LogP contribution is 2.44. The molecule has 5 nitrogen and oxygen atoms in total. The molecule has 11 heteroatoms. The van der Waals surface area contributed by atoms with Crippen LogP contribution in [0.3, 0.4) is 0 Å². The molecular formula is C30H31F5N2O3S. The number of hydrogen-bond acceptors (Lipinski definition) is 4. The van der Waals surface area contributed by atoms with Gasteiger partial charge in [-0.05, 0) is 66.8 Å². The molecule has 2 aliphatic heterocycles. The molecule has 2 fully saturated rings. The van der Waals surface area contributed by atoms with Crippen molar-refractivity contribution in [3.8, 4) is 11.1 Å². The second kappa shape index (κ2) is 11.4. The highest BCUT2D eigenvalue weighted by molar-refractivity contribution is 7.89. The first-order valence-electron chi connectivity index (χ1n) is 13.4. The molecule has 0 amide bonds. The molecular weight excluding hydrogens is 563 g/mol. The summed E-state index contributed by atoms with van der Waals surface area (Å²) in [6.07, 6.45) is -3.61. The largest absolute Gasteiger partial charge is 0.417 e. The Bertz CT molecular complexity index is 1510. The van der Waals surface area contributed by atoms with Gasteiger partial charge in [0.05, 0.1) is 17.1 Å². The maximum atomic E-state index is 14.2. The molecule has 1 unspecified atom stereocenters. The molecule has 41 heavy (non-hydrogen) atoms. The zero-order chi connectivity index (χ0) is 29.5. The third-order valence-corrected chi connectivity index (χ3v) is 10.2. The van der Waals surface area contributed by atoms with Crippen LogP contribution in [0, 0.1) is 18.6 Å². The average molecular weight is 595 g/mol. The number of hydrogen-bond donors (Lipinski definition) is 0. The summed E-state index contributed by atoms with van der Waals surface area (Å²) in [5.74, 6) is -1.96. The van der Waals surface area contributed by atoms with Crippen LogP contribution in [-0.4, -0.2) is 63.1 Å². The Labute approximate surface area is 236 Å². The minimum absolute atomic E-state index is 0.0312. The predicted octanol–water partition coefficient (Wildman–Crippen LogP) is 6.23. The van der Waals surface area contributed by atoms with Crippen molar-refractivity contribution in [2.75, 3.05) is 33.4 Å². The molecule has 0 spiro atoms. The normalized spacial score (nSPS) is 22.5. The second-order valence-electron chi connectivity index (χ2n) is 10.6. The molecule has 3 atom stereocenters. The van der Waals surface area contributed by atoms with E-state index < -0.39 is 38.3 Å². The Balaban J connectivity index is 1.47. The van der Waals surface area contributed by atoms with Crippen molar-refractivity contribution < 1.29 is 35.1 Å². The number of fused-ring (bicyclic) bond motifs is 1. The Morgan fingerprint density at radius 2 is 1.63 bits per heavy atom. The number of nitrogens with zero attached hydrogens (tertiary/aromatic N) is 2. The van der Waals surface area contributed by atoms with Gasteiger partial charge in [0.15, 0.2) is 11.6 Å². The van der Waals surface area contributed by atoms with Crippen molar-refractivity contribution in [2.24, 2.45) is 0 Å². The Morgan fingerprint density at radius 3 is 2.32 bits per heavy atom. The lowest BCUT2D eigenvalue weighted by molar-refractivity contribution is -0.139. The fourth-order valence-corrected chi connectivity index (χ4v) is 7.90. The predicted molar refractivity (Wildman–Crippen MR) is 145 cm³/mol. The van der Waals surface area contributed by atoms with Crippen molar-refractivity contribution in [2.45, 2.75) is 48.8 Å². The van der Waals surface area contributed by atoms with E-state index in [9.17, 15) is 30.4 Å². The number of halogens is 5. The molecule has 2 saturated heterocycles. The molecule has 0 aromatic heterocycles. The smallest absolute Gasteiger partial charge is 0.383 e. The standard InChI is InChI=1S/C30H31F5N2O3S/c1-19-22(13-14-24(31)29(19)32)20-9-11-21(12-10-20)28-25-17-36(15-5-6-16-37(25)26(28)18-40-2)41(38,39)27-8-4-3-7-23(27)30(33,34)35/h3-4,7-14,25-26,28H,5-6,15-18H2,1-2H3/t25?,26-,28+/m1/s1. The van der Waals surface area contributed by atoms with E-state index in [1.165, 1.54) is 29.4 Å². The lowest BCUT2D eigenvalue weighted by atomic mass is 9.74. The molecule has 0 N–H and O–H groups in total. The van der Waals surface area contributed by atoms with Crippen molar-refractivity contribution in [1.29, 1.82) is 0 Å². The van der Waals surface area contributed by atoms with E-state index in [0.29, 0.717) is 37.1 Å². The average Bonchev–Trinajstić information content (AvgIpc) is 2.92. The van der Waals surface area contributed by atoms with Gasteiger partial charge in [0.25, 0.3) is 0 Å². The van der Waals surface area contributed by atoms with E-state index in [1.807, 2.05) is 24.3 Å². The summed E-state index contributed by atoms with van der Waals surface area (Å²) in [6.45, 7) is 2.78. The van der Waals surface area contributed by atoms with Crippen molar-refractivity contribution in [1.82, 2.24) is 9.21 Å². The molecule has 0 radical (unpaired) electrons. The van der Waals surface area contributed by atoms with Gasteiger partial charge in [0, 0.05) is 38.2 Å². The molecule has 0 saturated carbocycles. The number of alkyl halides is 3. The monoisotopic (exact) mass is 594 g/mol. The first-order valence-corrected chi connectivity index (χ1v) is 14.8.